The summed E-state index contributed by atoms with van der Waals surface area (Å²) >= 11 is 0. The van der Waals surface area contributed by atoms with Crippen LogP contribution in [0.4, 0.5) is 0 Å². The first-order valence-corrected chi connectivity index (χ1v) is 8.10. The van der Waals surface area contributed by atoms with Crippen LogP contribution in [0, 0.1) is 11.3 Å². The van der Waals surface area contributed by atoms with Crippen LogP contribution >= 0.6 is 0 Å². The van der Waals surface area contributed by atoms with Crippen molar-refractivity contribution in [3.05, 3.63) is 30.1 Å². The number of pyridine rings is 1. The van der Waals surface area contributed by atoms with Gasteiger partial charge < -0.3 is 14.9 Å². The Morgan fingerprint density at radius 1 is 1.43 bits per heavy atom. The van der Waals surface area contributed by atoms with Crippen molar-refractivity contribution in [1.82, 2.24) is 14.8 Å². The molecule has 3 heterocycles. The number of aliphatic carboxylic acids is 1. The Bertz CT molecular complexity index is 592. The maximum Gasteiger partial charge on any atom is 0.313 e. The number of carbonyl (C=O) groups is 2. The number of piperidine rings is 1. The van der Waals surface area contributed by atoms with Crippen LogP contribution in [-0.4, -0.2) is 65.0 Å². The number of aromatic nitrogens is 1. The van der Waals surface area contributed by atoms with Crippen LogP contribution in [-0.2, 0) is 16.0 Å². The number of fused-ring (bicyclic) bond motifs is 1. The predicted molar refractivity (Wildman–Crippen MR) is 84.8 cm³/mol. The molecule has 0 aromatic carbocycles. The molecule has 0 aliphatic carbocycles. The topological polar surface area (TPSA) is 73.7 Å². The van der Waals surface area contributed by atoms with Gasteiger partial charge in [0, 0.05) is 38.4 Å². The van der Waals surface area contributed by atoms with Gasteiger partial charge in [-0.3, -0.25) is 14.6 Å². The normalized spacial score (nSPS) is 27.7. The number of carboxylic acid groups (broad SMARTS) is 1. The number of carbonyl (C=O) groups excluding carboxylic acids is 1. The number of aryl methyl sites for hydroxylation is 1. The van der Waals surface area contributed by atoms with Crippen molar-refractivity contribution in [2.45, 2.75) is 19.3 Å². The molecule has 2 saturated heterocycles. The summed E-state index contributed by atoms with van der Waals surface area (Å²) in [6.07, 6.45) is 5.38. The molecular weight excluding hydrogens is 294 g/mol. The third-order valence-electron chi connectivity index (χ3n) is 5.24. The van der Waals surface area contributed by atoms with Crippen LogP contribution in [0.15, 0.2) is 24.5 Å². The molecule has 3 rings (SSSR count). The molecule has 6 nitrogen and oxygen atoms in total. The lowest BCUT2D eigenvalue weighted by Gasteiger charge is -2.39. The van der Waals surface area contributed by atoms with Crippen molar-refractivity contribution in [2.75, 3.05) is 33.2 Å². The molecule has 2 aliphatic rings. The first kappa shape index (κ1) is 15.9. The highest BCUT2D eigenvalue weighted by Crippen LogP contribution is 2.42. The monoisotopic (exact) mass is 317 g/mol. The van der Waals surface area contributed by atoms with Crippen molar-refractivity contribution >= 4 is 11.9 Å². The summed E-state index contributed by atoms with van der Waals surface area (Å²) in [6.45, 7) is 2.34. The highest BCUT2D eigenvalue weighted by atomic mass is 16.4. The van der Waals surface area contributed by atoms with Gasteiger partial charge in [0.1, 0.15) is 5.41 Å². The summed E-state index contributed by atoms with van der Waals surface area (Å²) in [5.41, 5.74) is 0.238. The molecule has 2 fully saturated rings. The minimum Gasteiger partial charge on any atom is -0.481 e. The smallest absolute Gasteiger partial charge is 0.313 e. The third kappa shape index (κ3) is 3.08. The maximum atomic E-state index is 12.5. The number of nitrogens with zero attached hydrogens (tertiary/aromatic N) is 3. The zero-order chi connectivity index (χ0) is 16.4. The van der Waals surface area contributed by atoms with Crippen molar-refractivity contribution in [2.24, 2.45) is 11.3 Å². The highest BCUT2D eigenvalue weighted by Gasteiger charge is 2.55. The summed E-state index contributed by atoms with van der Waals surface area (Å²) < 4.78 is 0. The lowest BCUT2D eigenvalue weighted by molar-refractivity contribution is -0.154. The largest absolute Gasteiger partial charge is 0.481 e. The van der Waals surface area contributed by atoms with E-state index >= 15 is 0 Å². The minimum atomic E-state index is -0.795. The van der Waals surface area contributed by atoms with E-state index in [1.54, 1.807) is 17.3 Å². The Kier molecular flexibility index (Phi) is 4.35. The van der Waals surface area contributed by atoms with Gasteiger partial charge in [0.15, 0.2) is 0 Å². The first-order chi connectivity index (χ1) is 11.0. The molecule has 2 atom stereocenters. The SMILES string of the molecule is CN1CC[C@H]2CN(C(=O)CCc3cccnc3)C[C@@]2(C(=O)O)C1. The molecule has 0 unspecified atom stereocenters. The van der Waals surface area contributed by atoms with Crippen LogP contribution in [0.3, 0.4) is 0 Å². The van der Waals surface area contributed by atoms with E-state index in [0.29, 0.717) is 32.5 Å². The molecule has 6 heteroatoms. The Morgan fingerprint density at radius 3 is 2.96 bits per heavy atom. The predicted octanol–water partition coefficient (Wildman–Crippen LogP) is 0.879. The average molecular weight is 317 g/mol. The summed E-state index contributed by atoms with van der Waals surface area (Å²) in [4.78, 5) is 32.3. The molecule has 0 spiro atoms. The van der Waals surface area contributed by atoms with Gasteiger partial charge in [-0.25, -0.2) is 0 Å². The average Bonchev–Trinajstić information content (AvgIpc) is 2.94. The number of carboxylic acids is 1. The van der Waals surface area contributed by atoms with E-state index in [9.17, 15) is 14.7 Å². The van der Waals surface area contributed by atoms with Crippen molar-refractivity contribution in [3.63, 3.8) is 0 Å². The highest BCUT2D eigenvalue weighted by molar-refractivity contribution is 5.81. The van der Waals surface area contributed by atoms with Gasteiger partial charge in [0.2, 0.25) is 5.91 Å². The molecule has 124 valence electrons. The second kappa shape index (κ2) is 6.28. The summed E-state index contributed by atoms with van der Waals surface area (Å²) in [6, 6.07) is 3.82. The molecule has 1 N–H and O–H groups in total. The second-order valence-electron chi connectivity index (χ2n) is 6.82. The molecule has 23 heavy (non-hydrogen) atoms. The summed E-state index contributed by atoms with van der Waals surface area (Å²) in [5.74, 6) is -0.651. The summed E-state index contributed by atoms with van der Waals surface area (Å²) in [7, 11) is 1.95. The standard InChI is InChI=1S/C17H23N3O3/c1-19-8-6-14-10-20(12-17(14,11-19)16(22)23)15(21)5-4-13-3-2-7-18-9-13/h2-3,7,9,14H,4-6,8,10-12H2,1H3,(H,22,23)/t14-,17-/m0/s1. The van der Waals surface area contributed by atoms with Gasteiger partial charge in [-0.1, -0.05) is 6.07 Å². The number of amides is 1. The minimum absolute atomic E-state index is 0.0477. The maximum absolute atomic E-state index is 12.5. The van der Waals surface area contributed by atoms with Gasteiger partial charge in [-0.2, -0.15) is 0 Å². The Morgan fingerprint density at radius 2 is 2.26 bits per heavy atom. The number of likely N-dealkylation sites (tertiary alicyclic amines) is 2. The van der Waals surface area contributed by atoms with E-state index in [-0.39, 0.29) is 11.8 Å². The van der Waals surface area contributed by atoms with Crippen LogP contribution in [0.2, 0.25) is 0 Å². The Hall–Kier alpha value is -1.95. The zero-order valence-corrected chi connectivity index (χ0v) is 13.4. The molecule has 0 bridgehead atoms. The fourth-order valence-electron chi connectivity index (χ4n) is 3.91. The molecule has 0 saturated carbocycles. The fourth-order valence-corrected chi connectivity index (χ4v) is 3.91. The van der Waals surface area contributed by atoms with Crippen LogP contribution in [0.25, 0.3) is 0 Å². The van der Waals surface area contributed by atoms with E-state index in [1.807, 2.05) is 19.2 Å². The van der Waals surface area contributed by atoms with E-state index in [1.165, 1.54) is 0 Å². The van der Waals surface area contributed by atoms with Gasteiger partial charge in [-0.05, 0) is 44.0 Å². The molecule has 1 amide bonds. The molecule has 1 aromatic heterocycles. The summed E-state index contributed by atoms with van der Waals surface area (Å²) in [5, 5.41) is 9.75. The quantitative estimate of drug-likeness (QED) is 0.892. The number of rotatable bonds is 4. The lowest BCUT2D eigenvalue weighted by Crippen LogP contribution is -2.52. The molecule has 1 aromatic rings. The van der Waals surface area contributed by atoms with Crippen LogP contribution in [0.1, 0.15) is 18.4 Å². The molecular formula is C17H23N3O3. The Balaban J connectivity index is 1.65. The van der Waals surface area contributed by atoms with Gasteiger partial charge in [0.05, 0.1) is 0 Å². The van der Waals surface area contributed by atoms with Gasteiger partial charge in [-0.15, -0.1) is 0 Å². The Labute approximate surface area is 136 Å². The van der Waals surface area contributed by atoms with Crippen LogP contribution < -0.4 is 0 Å². The molecule has 0 radical (unpaired) electrons. The zero-order valence-electron chi connectivity index (χ0n) is 13.4. The fraction of sp³-hybridized carbons (Fsp3) is 0.588. The van der Waals surface area contributed by atoms with Crippen molar-refractivity contribution in [3.8, 4) is 0 Å². The molecule has 2 aliphatic heterocycles. The lowest BCUT2D eigenvalue weighted by atomic mass is 9.73. The third-order valence-corrected chi connectivity index (χ3v) is 5.24. The number of hydrogen-bond donors (Lipinski definition) is 1. The number of hydrogen-bond acceptors (Lipinski definition) is 4. The second-order valence-corrected chi connectivity index (χ2v) is 6.82. The van der Waals surface area contributed by atoms with Crippen LogP contribution in [0.5, 0.6) is 0 Å². The van der Waals surface area contributed by atoms with Gasteiger partial charge in [0.25, 0.3) is 0 Å². The van der Waals surface area contributed by atoms with Gasteiger partial charge >= 0.3 is 5.97 Å². The van der Waals surface area contributed by atoms with E-state index in [2.05, 4.69) is 9.88 Å². The van der Waals surface area contributed by atoms with Crippen molar-refractivity contribution < 1.29 is 14.7 Å². The van der Waals surface area contributed by atoms with E-state index in [4.69, 9.17) is 0 Å². The van der Waals surface area contributed by atoms with E-state index < -0.39 is 11.4 Å². The van der Waals surface area contributed by atoms with Crippen molar-refractivity contribution in [1.29, 1.82) is 0 Å². The van der Waals surface area contributed by atoms with E-state index in [0.717, 1.165) is 18.5 Å². The first-order valence-electron chi connectivity index (χ1n) is 8.10.